The van der Waals surface area contributed by atoms with Crippen LogP contribution in [-0.4, -0.2) is 24.2 Å². The number of fused-ring (bicyclic) bond motifs is 1. The predicted octanol–water partition coefficient (Wildman–Crippen LogP) is 3.31. The first-order valence-electron chi connectivity index (χ1n) is 6.43. The number of methoxy groups -OCH3 is 2. The van der Waals surface area contributed by atoms with E-state index in [9.17, 15) is 0 Å². The molecule has 0 amide bonds. The second-order valence-corrected chi connectivity index (χ2v) is 4.53. The van der Waals surface area contributed by atoms with Crippen molar-refractivity contribution in [1.29, 1.82) is 0 Å². The largest absolute Gasteiger partial charge is 0.497 e. The van der Waals surface area contributed by atoms with Crippen molar-refractivity contribution in [2.24, 2.45) is 0 Å². The zero-order chi connectivity index (χ0) is 13.9. The summed E-state index contributed by atoms with van der Waals surface area (Å²) in [6.45, 7) is 0. The molecule has 4 nitrogen and oxygen atoms in total. The Balaban J connectivity index is 2.04. The zero-order valence-electron chi connectivity index (χ0n) is 11.5. The highest BCUT2D eigenvalue weighted by atomic mass is 16.5. The van der Waals surface area contributed by atoms with Gasteiger partial charge in [-0.05, 0) is 17.7 Å². The summed E-state index contributed by atoms with van der Waals surface area (Å²) >= 11 is 0. The molecule has 2 aromatic carbocycles. The minimum Gasteiger partial charge on any atom is -0.497 e. The van der Waals surface area contributed by atoms with Crippen LogP contribution in [0.3, 0.4) is 0 Å². The van der Waals surface area contributed by atoms with E-state index in [-0.39, 0.29) is 6.10 Å². The number of nitrogens with zero attached hydrogens (tertiary/aromatic N) is 1. The maximum atomic E-state index is 5.58. The summed E-state index contributed by atoms with van der Waals surface area (Å²) in [4.78, 5) is 7.90. The van der Waals surface area contributed by atoms with E-state index in [4.69, 9.17) is 9.47 Å². The van der Waals surface area contributed by atoms with Crippen molar-refractivity contribution in [3.05, 3.63) is 59.9 Å². The second-order valence-electron chi connectivity index (χ2n) is 4.53. The molecule has 1 unspecified atom stereocenters. The highest BCUT2D eigenvalue weighted by Crippen LogP contribution is 2.26. The van der Waals surface area contributed by atoms with Crippen LogP contribution >= 0.6 is 0 Å². The molecule has 3 aromatic rings. The molecule has 0 spiro atoms. The van der Waals surface area contributed by atoms with Crippen LogP contribution < -0.4 is 4.74 Å². The van der Waals surface area contributed by atoms with Gasteiger partial charge in [-0.1, -0.05) is 30.3 Å². The fraction of sp³-hybridized carbons (Fsp3) is 0.188. The van der Waals surface area contributed by atoms with E-state index < -0.39 is 0 Å². The fourth-order valence-corrected chi connectivity index (χ4v) is 2.29. The first kappa shape index (κ1) is 12.7. The van der Waals surface area contributed by atoms with Gasteiger partial charge < -0.3 is 14.5 Å². The van der Waals surface area contributed by atoms with Crippen molar-refractivity contribution in [1.82, 2.24) is 9.97 Å². The lowest BCUT2D eigenvalue weighted by Crippen LogP contribution is -2.05. The molecule has 0 saturated heterocycles. The van der Waals surface area contributed by atoms with E-state index in [0.29, 0.717) is 0 Å². The van der Waals surface area contributed by atoms with Crippen LogP contribution in [0.5, 0.6) is 5.75 Å². The highest BCUT2D eigenvalue weighted by Gasteiger charge is 2.17. The lowest BCUT2D eigenvalue weighted by atomic mass is 10.1. The smallest absolute Gasteiger partial charge is 0.141 e. The van der Waals surface area contributed by atoms with Gasteiger partial charge in [0.1, 0.15) is 17.7 Å². The first-order valence-corrected chi connectivity index (χ1v) is 6.43. The van der Waals surface area contributed by atoms with Crippen LogP contribution in [0.25, 0.3) is 11.0 Å². The van der Waals surface area contributed by atoms with E-state index >= 15 is 0 Å². The molecule has 1 N–H and O–H groups in total. The summed E-state index contributed by atoms with van der Waals surface area (Å²) in [7, 11) is 3.34. The molecule has 0 bridgehead atoms. The van der Waals surface area contributed by atoms with Gasteiger partial charge in [0.05, 0.1) is 18.1 Å². The third kappa shape index (κ3) is 2.26. The average Bonchev–Trinajstić information content (AvgIpc) is 2.91. The maximum absolute atomic E-state index is 5.58. The van der Waals surface area contributed by atoms with E-state index in [2.05, 4.69) is 9.97 Å². The number of benzene rings is 2. The van der Waals surface area contributed by atoms with Crippen LogP contribution in [0.15, 0.2) is 48.5 Å². The zero-order valence-corrected chi connectivity index (χ0v) is 11.5. The predicted molar refractivity (Wildman–Crippen MR) is 77.9 cm³/mol. The van der Waals surface area contributed by atoms with Crippen molar-refractivity contribution in [3.63, 3.8) is 0 Å². The standard InChI is InChI=1S/C16H16N2O2/c1-19-12-8-9-13-14(10-12)18-16(17-13)15(20-2)11-6-4-3-5-7-11/h3-10,15H,1-2H3,(H,17,18). The molecule has 0 fully saturated rings. The molecular weight excluding hydrogens is 252 g/mol. The van der Waals surface area contributed by atoms with Crippen LogP contribution in [-0.2, 0) is 4.74 Å². The lowest BCUT2D eigenvalue weighted by molar-refractivity contribution is 0.130. The summed E-state index contributed by atoms with van der Waals surface area (Å²) in [5.41, 5.74) is 2.91. The Labute approximate surface area is 117 Å². The van der Waals surface area contributed by atoms with Crippen molar-refractivity contribution < 1.29 is 9.47 Å². The minimum absolute atomic E-state index is 0.199. The number of hydrogen-bond acceptors (Lipinski definition) is 3. The molecule has 0 aliphatic rings. The maximum Gasteiger partial charge on any atom is 0.141 e. The number of imidazole rings is 1. The molecule has 1 aromatic heterocycles. The van der Waals surface area contributed by atoms with E-state index in [1.54, 1.807) is 14.2 Å². The number of aromatic nitrogens is 2. The molecule has 0 aliphatic heterocycles. The van der Waals surface area contributed by atoms with Gasteiger partial charge in [-0.25, -0.2) is 4.98 Å². The van der Waals surface area contributed by atoms with E-state index in [1.165, 1.54) is 0 Å². The molecule has 20 heavy (non-hydrogen) atoms. The molecule has 0 radical (unpaired) electrons. The molecule has 1 atom stereocenters. The molecule has 0 aliphatic carbocycles. The van der Waals surface area contributed by atoms with Crippen LogP contribution in [0.1, 0.15) is 17.5 Å². The topological polar surface area (TPSA) is 47.1 Å². The molecule has 1 heterocycles. The van der Waals surface area contributed by atoms with Gasteiger partial charge in [0, 0.05) is 13.2 Å². The number of H-pyrrole nitrogens is 1. The molecule has 0 saturated carbocycles. The lowest BCUT2D eigenvalue weighted by Gasteiger charge is -2.12. The Kier molecular flexibility index (Phi) is 3.39. The number of aromatic amines is 1. The summed E-state index contributed by atoms with van der Waals surface area (Å²) in [5, 5.41) is 0. The van der Waals surface area contributed by atoms with Gasteiger partial charge in [-0.2, -0.15) is 0 Å². The number of ether oxygens (including phenoxy) is 2. The average molecular weight is 268 g/mol. The Hall–Kier alpha value is -2.33. The van der Waals surface area contributed by atoms with Gasteiger partial charge in [0.15, 0.2) is 0 Å². The van der Waals surface area contributed by atoms with E-state index in [1.807, 2.05) is 48.5 Å². The van der Waals surface area contributed by atoms with Gasteiger partial charge in [0.2, 0.25) is 0 Å². The number of nitrogens with one attached hydrogen (secondary N) is 1. The minimum atomic E-state index is -0.199. The third-order valence-electron chi connectivity index (χ3n) is 3.29. The van der Waals surface area contributed by atoms with Crippen molar-refractivity contribution in [3.8, 4) is 5.75 Å². The van der Waals surface area contributed by atoms with Gasteiger partial charge in [0.25, 0.3) is 0 Å². The molecular formula is C16H16N2O2. The van der Waals surface area contributed by atoms with Gasteiger partial charge in [-0.15, -0.1) is 0 Å². The molecule has 3 rings (SSSR count). The molecule has 4 heteroatoms. The summed E-state index contributed by atoms with van der Waals surface area (Å²) in [6, 6.07) is 15.8. The Morgan fingerprint density at radius 1 is 1.05 bits per heavy atom. The fourth-order valence-electron chi connectivity index (χ4n) is 2.29. The van der Waals surface area contributed by atoms with E-state index in [0.717, 1.165) is 28.2 Å². The second kappa shape index (κ2) is 5.35. The molecule has 102 valence electrons. The third-order valence-corrected chi connectivity index (χ3v) is 3.29. The highest BCUT2D eigenvalue weighted by molar-refractivity contribution is 5.77. The summed E-state index contributed by atoms with van der Waals surface area (Å²) < 4.78 is 10.8. The van der Waals surface area contributed by atoms with Crippen LogP contribution in [0.2, 0.25) is 0 Å². The summed E-state index contributed by atoms with van der Waals surface area (Å²) in [6.07, 6.45) is -0.199. The van der Waals surface area contributed by atoms with Crippen molar-refractivity contribution in [2.75, 3.05) is 14.2 Å². The number of hydrogen-bond donors (Lipinski definition) is 1. The first-order chi connectivity index (χ1) is 9.81. The van der Waals surface area contributed by atoms with Crippen molar-refractivity contribution in [2.45, 2.75) is 6.10 Å². The van der Waals surface area contributed by atoms with Crippen LogP contribution in [0.4, 0.5) is 0 Å². The Morgan fingerprint density at radius 2 is 1.85 bits per heavy atom. The summed E-state index contributed by atoms with van der Waals surface area (Å²) in [5.74, 6) is 1.60. The monoisotopic (exact) mass is 268 g/mol. The van der Waals surface area contributed by atoms with Gasteiger partial charge >= 0.3 is 0 Å². The Bertz CT molecular complexity index is 707. The normalized spacial score (nSPS) is 12.5. The van der Waals surface area contributed by atoms with Crippen molar-refractivity contribution >= 4 is 11.0 Å². The van der Waals surface area contributed by atoms with Gasteiger partial charge in [-0.3, -0.25) is 0 Å². The number of rotatable bonds is 4. The Morgan fingerprint density at radius 3 is 2.55 bits per heavy atom. The quantitative estimate of drug-likeness (QED) is 0.789. The van der Waals surface area contributed by atoms with Crippen LogP contribution in [0, 0.1) is 0 Å². The SMILES string of the molecule is COc1ccc2nc(C(OC)c3ccccc3)[nH]c2c1.